The van der Waals surface area contributed by atoms with Crippen molar-refractivity contribution >= 4 is 22.9 Å². The molecule has 1 saturated heterocycles. The van der Waals surface area contributed by atoms with Crippen molar-refractivity contribution in [3.63, 3.8) is 0 Å². The van der Waals surface area contributed by atoms with E-state index in [2.05, 4.69) is 0 Å². The fraction of sp³-hybridized carbons (Fsp3) is 0.238. The highest BCUT2D eigenvalue weighted by molar-refractivity contribution is 7.13. The minimum absolute atomic E-state index is 0.201. The van der Waals surface area contributed by atoms with Gasteiger partial charge in [0.05, 0.1) is 19.9 Å². The van der Waals surface area contributed by atoms with Crippen molar-refractivity contribution in [2.24, 2.45) is 0 Å². The molecule has 1 amide bonds. The van der Waals surface area contributed by atoms with Gasteiger partial charge in [-0.3, -0.25) is 4.79 Å². The van der Waals surface area contributed by atoms with Crippen molar-refractivity contribution in [1.82, 2.24) is 4.98 Å². The molecule has 0 radical (unpaired) electrons. The number of rotatable bonds is 5. The normalized spacial score (nSPS) is 13.9. The maximum absolute atomic E-state index is 11.9. The highest BCUT2D eigenvalue weighted by Crippen LogP contribution is 2.35. The van der Waals surface area contributed by atoms with Gasteiger partial charge in [0.15, 0.2) is 11.5 Å². The first-order chi connectivity index (χ1) is 13.2. The number of amides is 1. The average molecular weight is 380 g/mol. The summed E-state index contributed by atoms with van der Waals surface area (Å²) in [6.07, 6.45) is 1.57. The lowest BCUT2D eigenvalue weighted by molar-refractivity contribution is -0.117. The lowest BCUT2D eigenvalue weighted by Crippen LogP contribution is -2.23. The zero-order valence-electron chi connectivity index (χ0n) is 15.3. The second kappa shape index (κ2) is 7.40. The van der Waals surface area contributed by atoms with E-state index in [0.717, 1.165) is 40.5 Å². The predicted molar refractivity (Wildman–Crippen MR) is 108 cm³/mol. The Kier molecular flexibility index (Phi) is 4.81. The van der Waals surface area contributed by atoms with Crippen LogP contribution in [-0.2, 0) is 4.79 Å². The largest absolute Gasteiger partial charge is 0.493 e. The second-order valence-corrected chi connectivity index (χ2v) is 7.16. The molecule has 5 nitrogen and oxygen atoms in total. The maximum Gasteiger partial charge on any atom is 0.227 e. The molecule has 0 atom stereocenters. The summed E-state index contributed by atoms with van der Waals surface area (Å²) in [5.74, 6) is 1.59. The van der Waals surface area contributed by atoms with Crippen LogP contribution in [0.4, 0.5) is 5.69 Å². The maximum atomic E-state index is 11.9. The Morgan fingerprint density at radius 2 is 1.74 bits per heavy atom. The lowest BCUT2D eigenvalue weighted by Gasteiger charge is -2.15. The van der Waals surface area contributed by atoms with E-state index in [1.165, 1.54) is 0 Å². The monoisotopic (exact) mass is 380 g/mol. The van der Waals surface area contributed by atoms with Crippen LogP contribution in [0.1, 0.15) is 12.8 Å². The van der Waals surface area contributed by atoms with E-state index in [9.17, 15) is 4.79 Å². The SMILES string of the molecule is COc1ccc(-c2nc(-c3ccc(N4CCCC4=O)cc3)cs2)cc1OC. The lowest BCUT2D eigenvalue weighted by atomic mass is 10.1. The van der Waals surface area contributed by atoms with Gasteiger partial charge in [0.25, 0.3) is 0 Å². The molecule has 6 heteroatoms. The van der Waals surface area contributed by atoms with E-state index in [-0.39, 0.29) is 5.91 Å². The van der Waals surface area contributed by atoms with Crippen LogP contribution in [-0.4, -0.2) is 31.7 Å². The van der Waals surface area contributed by atoms with E-state index >= 15 is 0 Å². The number of aromatic nitrogens is 1. The molecule has 138 valence electrons. The van der Waals surface area contributed by atoms with Gasteiger partial charge in [0.1, 0.15) is 5.01 Å². The third-order valence-electron chi connectivity index (χ3n) is 4.68. The number of benzene rings is 2. The van der Waals surface area contributed by atoms with Gasteiger partial charge in [-0.15, -0.1) is 11.3 Å². The van der Waals surface area contributed by atoms with Crippen molar-refractivity contribution in [1.29, 1.82) is 0 Å². The number of ether oxygens (including phenoxy) is 2. The first-order valence-electron chi connectivity index (χ1n) is 8.78. The molecule has 1 aliphatic heterocycles. The highest BCUT2D eigenvalue weighted by atomic mass is 32.1. The molecule has 0 bridgehead atoms. The average Bonchev–Trinajstić information content (AvgIpc) is 3.37. The number of thiazole rings is 1. The first-order valence-corrected chi connectivity index (χ1v) is 9.66. The smallest absolute Gasteiger partial charge is 0.227 e. The van der Waals surface area contributed by atoms with E-state index in [1.807, 2.05) is 52.7 Å². The number of carbonyl (C=O) groups excluding carboxylic acids is 1. The van der Waals surface area contributed by atoms with Crippen molar-refractivity contribution in [3.8, 4) is 33.3 Å². The molecule has 4 rings (SSSR count). The predicted octanol–water partition coefficient (Wildman–Crippen LogP) is 4.62. The Hall–Kier alpha value is -2.86. The Morgan fingerprint density at radius 3 is 2.41 bits per heavy atom. The van der Waals surface area contributed by atoms with Crippen LogP contribution >= 0.6 is 11.3 Å². The van der Waals surface area contributed by atoms with Gasteiger partial charge in [-0.05, 0) is 36.8 Å². The number of anilines is 1. The van der Waals surface area contributed by atoms with Crippen LogP contribution in [0.15, 0.2) is 47.8 Å². The molecule has 3 aromatic rings. The third-order valence-corrected chi connectivity index (χ3v) is 5.57. The molecule has 1 fully saturated rings. The van der Waals surface area contributed by atoms with Crippen LogP contribution in [0.25, 0.3) is 21.8 Å². The Morgan fingerprint density at radius 1 is 1.00 bits per heavy atom. The zero-order valence-corrected chi connectivity index (χ0v) is 16.1. The number of hydrogen-bond acceptors (Lipinski definition) is 5. The van der Waals surface area contributed by atoms with Crippen LogP contribution in [0.5, 0.6) is 11.5 Å². The van der Waals surface area contributed by atoms with Gasteiger partial charge in [-0.1, -0.05) is 12.1 Å². The van der Waals surface area contributed by atoms with Gasteiger partial charge >= 0.3 is 0 Å². The fourth-order valence-electron chi connectivity index (χ4n) is 3.24. The molecule has 0 spiro atoms. The minimum atomic E-state index is 0.201. The van der Waals surface area contributed by atoms with Crippen molar-refractivity contribution < 1.29 is 14.3 Å². The summed E-state index contributed by atoms with van der Waals surface area (Å²) in [5, 5.41) is 2.96. The molecule has 27 heavy (non-hydrogen) atoms. The van der Waals surface area contributed by atoms with Crippen LogP contribution in [0.3, 0.4) is 0 Å². The molecule has 2 heterocycles. The molecule has 0 saturated carbocycles. The molecule has 1 aromatic heterocycles. The first kappa shape index (κ1) is 17.5. The molecule has 0 N–H and O–H groups in total. The van der Waals surface area contributed by atoms with E-state index in [1.54, 1.807) is 25.6 Å². The van der Waals surface area contributed by atoms with Gasteiger partial charge in [-0.2, -0.15) is 0 Å². The van der Waals surface area contributed by atoms with Crippen LogP contribution < -0.4 is 14.4 Å². The van der Waals surface area contributed by atoms with Crippen molar-refractivity contribution in [3.05, 3.63) is 47.8 Å². The molecular formula is C21H20N2O3S. The number of carbonyl (C=O) groups is 1. The Balaban J connectivity index is 1.58. The Bertz CT molecular complexity index is 966. The second-order valence-electron chi connectivity index (χ2n) is 6.30. The van der Waals surface area contributed by atoms with E-state index in [0.29, 0.717) is 17.9 Å². The summed E-state index contributed by atoms with van der Waals surface area (Å²) >= 11 is 1.59. The molecule has 2 aromatic carbocycles. The summed E-state index contributed by atoms with van der Waals surface area (Å²) in [6, 6.07) is 13.8. The summed E-state index contributed by atoms with van der Waals surface area (Å²) in [5.41, 5.74) is 3.90. The molecule has 1 aliphatic rings. The fourth-order valence-corrected chi connectivity index (χ4v) is 4.07. The van der Waals surface area contributed by atoms with Gasteiger partial charge in [0.2, 0.25) is 5.91 Å². The highest BCUT2D eigenvalue weighted by Gasteiger charge is 2.21. The molecule has 0 unspecified atom stereocenters. The number of methoxy groups -OCH3 is 2. The number of nitrogens with zero attached hydrogens (tertiary/aromatic N) is 2. The summed E-state index contributed by atoms with van der Waals surface area (Å²) < 4.78 is 10.7. The number of hydrogen-bond donors (Lipinski definition) is 0. The topological polar surface area (TPSA) is 51.7 Å². The zero-order chi connectivity index (χ0) is 18.8. The van der Waals surface area contributed by atoms with Gasteiger partial charge in [-0.25, -0.2) is 4.98 Å². The third kappa shape index (κ3) is 3.40. The van der Waals surface area contributed by atoms with Gasteiger partial charge in [0, 0.05) is 35.2 Å². The summed E-state index contributed by atoms with van der Waals surface area (Å²) in [4.78, 5) is 18.5. The minimum Gasteiger partial charge on any atom is -0.493 e. The van der Waals surface area contributed by atoms with Crippen LogP contribution in [0, 0.1) is 0 Å². The van der Waals surface area contributed by atoms with E-state index in [4.69, 9.17) is 14.5 Å². The van der Waals surface area contributed by atoms with Crippen LogP contribution in [0.2, 0.25) is 0 Å². The standard InChI is InChI=1S/C21H20N2O3S/c1-25-18-10-7-15(12-19(18)26-2)21-22-17(13-27-21)14-5-8-16(9-6-14)23-11-3-4-20(23)24/h5-10,12-13H,3-4,11H2,1-2H3. The molecule has 0 aliphatic carbocycles. The van der Waals surface area contributed by atoms with E-state index < -0.39 is 0 Å². The summed E-state index contributed by atoms with van der Waals surface area (Å²) in [6.45, 7) is 0.804. The summed E-state index contributed by atoms with van der Waals surface area (Å²) in [7, 11) is 3.25. The van der Waals surface area contributed by atoms with Gasteiger partial charge < -0.3 is 14.4 Å². The van der Waals surface area contributed by atoms with Crippen molar-refractivity contribution in [2.45, 2.75) is 12.8 Å². The molecular weight excluding hydrogens is 360 g/mol. The Labute approximate surface area is 162 Å². The quantitative estimate of drug-likeness (QED) is 0.648. The van der Waals surface area contributed by atoms with Crippen molar-refractivity contribution in [2.75, 3.05) is 25.7 Å².